The number of ether oxygens (including phenoxy) is 2. The molecule has 1 amide bonds. The molecule has 0 spiro atoms. The highest BCUT2D eigenvalue weighted by atomic mass is 19.4. The molecular formula is C28H27F9N2O5. The highest BCUT2D eigenvalue weighted by Gasteiger charge is 2.47. The second kappa shape index (κ2) is 12.3. The SMILES string of the molecule is CCCOC(=O)ON1c2ccc(C(F)(F)F)cc2[C@@H](N(Cc2cc(C(F)(F)F)cc(C(F)(F)F)c2)C(=O)OC)C[C@H]1C1CC1. The van der Waals surface area contributed by atoms with Crippen molar-refractivity contribution in [3.05, 3.63) is 64.2 Å². The van der Waals surface area contributed by atoms with Gasteiger partial charge in [0.1, 0.15) is 0 Å². The van der Waals surface area contributed by atoms with Crippen molar-refractivity contribution in [2.45, 2.75) is 69.8 Å². The zero-order valence-corrected chi connectivity index (χ0v) is 23.3. The molecule has 0 aromatic heterocycles. The van der Waals surface area contributed by atoms with Crippen LogP contribution in [0.5, 0.6) is 0 Å². The Labute approximate surface area is 245 Å². The Morgan fingerprint density at radius 3 is 1.98 bits per heavy atom. The molecule has 0 unspecified atom stereocenters. The van der Waals surface area contributed by atoms with Crippen LogP contribution in [0.4, 0.5) is 54.8 Å². The average molecular weight is 643 g/mol. The van der Waals surface area contributed by atoms with Crippen LogP contribution < -0.4 is 5.06 Å². The van der Waals surface area contributed by atoms with E-state index in [-0.39, 0.29) is 36.3 Å². The molecule has 16 heteroatoms. The van der Waals surface area contributed by atoms with E-state index in [0.29, 0.717) is 37.5 Å². The zero-order valence-electron chi connectivity index (χ0n) is 23.3. The molecule has 2 aliphatic rings. The maximum absolute atomic E-state index is 13.8. The fourth-order valence-electron chi connectivity index (χ4n) is 5.12. The van der Waals surface area contributed by atoms with Gasteiger partial charge in [-0.15, -0.1) is 0 Å². The minimum atomic E-state index is -5.17. The molecule has 1 aliphatic carbocycles. The minimum absolute atomic E-state index is 0.00369. The summed E-state index contributed by atoms with van der Waals surface area (Å²) in [4.78, 5) is 31.6. The van der Waals surface area contributed by atoms with Crippen LogP contribution in [-0.4, -0.2) is 36.9 Å². The van der Waals surface area contributed by atoms with Gasteiger partial charge in [0, 0.05) is 12.1 Å². The van der Waals surface area contributed by atoms with E-state index in [1.807, 2.05) is 0 Å². The second-order valence-corrected chi connectivity index (χ2v) is 10.5. The Kier molecular flexibility index (Phi) is 9.22. The summed E-state index contributed by atoms with van der Waals surface area (Å²) in [5, 5.41) is 1.10. The average Bonchev–Trinajstić information content (AvgIpc) is 3.78. The van der Waals surface area contributed by atoms with E-state index in [0.717, 1.165) is 29.2 Å². The first-order chi connectivity index (χ1) is 20.4. The summed E-state index contributed by atoms with van der Waals surface area (Å²) in [5.41, 5.74) is -5.27. The van der Waals surface area contributed by atoms with Gasteiger partial charge in [-0.1, -0.05) is 6.92 Å². The lowest BCUT2D eigenvalue weighted by Crippen LogP contribution is -2.48. The van der Waals surface area contributed by atoms with Crippen LogP contribution in [0.2, 0.25) is 0 Å². The van der Waals surface area contributed by atoms with Crippen molar-refractivity contribution in [1.29, 1.82) is 0 Å². The molecule has 1 aliphatic heterocycles. The molecule has 2 aromatic carbocycles. The monoisotopic (exact) mass is 642 g/mol. The van der Waals surface area contributed by atoms with Gasteiger partial charge in [-0.05, 0) is 73.6 Å². The first kappa shape index (κ1) is 33.1. The summed E-state index contributed by atoms with van der Waals surface area (Å²) in [6, 6.07) is 1.17. The van der Waals surface area contributed by atoms with Gasteiger partial charge < -0.3 is 14.3 Å². The third-order valence-corrected chi connectivity index (χ3v) is 7.27. The first-order valence-corrected chi connectivity index (χ1v) is 13.4. The van der Waals surface area contributed by atoms with Crippen LogP contribution in [0.1, 0.15) is 66.5 Å². The molecule has 7 nitrogen and oxygen atoms in total. The van der Waals surface area contributed by atoms with E-state index in [1.165, 1.54) is 0 Å². The molecule has 2 aromatic rings. The molecule has 1 fully saturated rings. The lowest BCUT2D eigenvalue weighted by atomic mass is 9.87. The number of carbonyl (C=O) groups is 2. The first-order valence-electron chi connectivity index (χ1n) is 13.4. The van der Waals surface area contributed by atoms with Crippen molar-refractivity contribution >= 4 is 17.9 Å². The van der Waals surface area contributed by atoms with Crippen molar-refractivity contribution in [2.24, 2.45) is 5.92 Å². The summed E-state index contributed by atoms with van der Waals surface area (Å²) in [5.74, 6) is -0.156. The Balaban J connectivity index is 1.84. The van der Waals surface area contributed by atoms with E-state index >= 15 is 0 Å². The third-order valence-electron chi connectivity index (χ3n) is 7.27. The van der Waals surface area contributed by atoms with E-state index in [1.54, 1.807) is 6.92 Å². The van der Waals surface area contributed by atoms with E-state index in [9.17, 15) is 49.1 Å². The van der Waals surface area contributed by atoms with Crippen LogP contribution in [0.25, 0.3) is 0 Å². The number of benzene rings is 2. The number of fused-ring (bicyclic) bond motifs is 1. The molecule has 0 saturated heterocycles. The van der Waals surface area contributed by atoms with Crippen LogP contribution in [-0.2, 0) is 39.4 Å². The highest BCUT2D eigenvalue weighted by molar-refractivity contribution is 5.71. The Morgan fingerprint density at radius 2 is 1.48 bits per heavy atom. The zero-order chi connectivity index (χ0) is 32.6. The molecular weight excluding hydrogens is 615 g/mol. The predicted molar refractivity (Wildman–Crippen MR) is 135 cm³/mol. The van der Waals surface area contributed by atoms with Gasteiger partial charge in [0.25, 0.3) is 0 Å². The number of nitrogens with zero attached hydrogens (tertiary/aromatic N) is 2. The summed E-state index contributed by atoms with van der Waals surface area (Å²) >= 11 is 0. The number of hydrogen-bond donors (Lipinski definition) is 0. The van der Waals surface area contributed by atoms with Crippen LogP contribution in [0, 0.1) is 5.92 Å². The molecule has 0 N–H and O–H groups in total. The number of carbonyl (C=O) groups excluding carboxylic acids is 2. The van der Waals surface area contributed by atoms with Crippen molar-refractivity contribution in [3.8, 4) is 0 Å². The molecule has 242 valence electrons. The fraction of sp³-hybridized carbons (Fsp3) is 0.500. The molecule has 0 radical (unpaired) electrons. The highest BCUT2D eigenvalue weighted by Crippen LogP contribution is 2.50. The number of hydrogen-bond acceptors (Lipinski definition) is 6. The van der Waals surface area contributed by atoms with Crippen molar-refractivity contribution in [1.82, 2.24) is 4.90 Å². The molecule has 44 heavy (non-hydrogen) atoms. The molecule has 2 atom stereocenters. The number of alkyl halides is 9. The van der Waals surface area contributed by atoms with E-state index in [2.05, 4.69) is 0 Å². The van der Waals surface area contributed by atoms with Gasteiger partial charge in [-0.2, -0.15) is 44.6 Å². The number of anilines is 1. The van der Waals surface area contributed by atoms with Gasteiger partial charge in [0.2, 0.25) is 0 Å². The standard InChI is InChI=1S/C28H27F9N2O5/c1-3-8-43-25(41)44-39-21-7-6-17(26(29,30)31)12-20(21)23(13-22(39)16-4-5-16)38(24(40)42-2)14-15-9-18(27(32,33)34)11-19(10-15)28(35,36)37/h6-7,9-12,16,22-23H,3-5,8,13-14H2,1-2H3/t22-,23-/m0/s1. The Morgan fingerprint density at radius 1 is 0.886 bits per heavy atom. The molecule has 1 heterocycles. The maximum Gasteiger partial charge on any atom is 0.533 e. The van der Waals surface area contributed by atoms with Crippen molar-refractivity contribution in [2.75, 3.05) is 18.8 Å². The number of methoxy groups -OCH3 is 1. The third kappa shape index (κ3) is 7.44. The van der Waals surface area contributed by atoms with Crippen LogP contribution >= 0.6 is 0 Å². The van der Waals surface area contributed by atoms with Gasteiger partial charge in [-0.25, -0.2) is 9.59 Å². The Hall–Kier alpha value is -3.85. The lowest BCUT2D eigenvalue weighted by molar-refractivity contribution is -0.143. The largest absolute Gasteiger partial charge is 0.533 e. The maximum atomic E-state index is 13.8. The van der Waals surface area contributed by atoms with Gasteiger partial charge in [0.15, 0.2) is 0 Å². The molecule has 0 bridgehead atoms. The Bertz CT molecular complexity index is 1340. The van der Waals surface area contributed by atoms with Gasteiger partial charge in [0.05, 0.1) is 48.2 Å². The summed E-state index contributed by atoms with van der Waals surface area (Å²) < 4.78 is 132. The number of rotatable bonds is 7. The summed E-state index contributed by atoms with van der Waals surface area (Å²) in [6.45, 7) is 0.844. The normalized spacial score (nSPS) is 18.8. The van der Waals surface area contributed by atoms with Crippen LogP contribution in [0.3, 0.4) is 0 Å². The number of hydroxylamine groups is 1. The number of halogens is 9. The van der Waals surface area contributed by atoms with Gasteiger partial charge >= 0.3 is 30.8 Å². The topological polar surface area (TPSA) is 68.3 Å². The molecule has 4 rings (SSSR count). The predicted octanol–water partition coefficient (Wildman–Crippen LogP) is 8.52. The summed E-state index contributed by atoms with van der Waals surface area (Å²) in [6.07, 6.45) is -16.0. The van der Waals surface area contributed by atoms with E-state index in [4.69, 9.17) is 14.3 Å². The van der Waals surface area contributed by atoms with Crippen LogP contribution in [0.15, 0.2) is 36.4 Å². The molecule has 1 saturated carbocycles. The smallest absolute Gasteiger partial charge is 0.453 e. The minimum Gasteiger partial charge on any atom is -0.453 e. The van der Waals surface area contributed by atoms with Gasteiger partial charge in [-0.3, -0.25) is 4.90 Å². The van der Waals surface area contributed by atoms with E-state index < -0.39 is 71.7 Å². The quantitative estimate of drug-likeness (QED) is 0.223. The van der Waals surface area contributed by atoms with Crippen molar-refractivity contribution < 1.29 is 63.4 Å². The second-order valence-electron chi connectivity index (χ2n) is 10.5. The number of amides is 1. The van der Waals surface area contributed by atoms with Crippen molar-refractivity contribution in [3.63, 3.8) is 0 Å². The summed E-state index contributed by atoms with van der Waals surface area (Å²) in [7, 11) is 0.913. The lowest BCUT2D eigenvalue weighted by Gasteiger charge is -2.43. The fourth-order valence-corrected chi connectivity index (χ4v) is 5.12.